The normalized spacial score (nSPS) is 25.8. The molecule has 0 amide bonds. The van der Waals surface area contributed by atoms with Crippen molar-refractivity contribution in [2.24, 2.45) is 5.92 Å². The molecule has 1 fully saturated rings. The zero-order valence-electron chi connectivity index (χ0n) is 10.6. The molecule has 2 unspecified atom stereocenters. The van der Waals surface area contributed by atoms with E-state index in [-0.39, 0.29) is 0 Å². The van der Waals surface area contributed by atoms with Gasteiger partial charge in [0, 0.05) is 25.2 Å². The molecule has 1 rings (SSSR count). The lowest BCUT2D eigenvalue weighted by molar-refractivity contribution is -0.0310. The third kappa shape index (κ3) is 3.74. The minimum Gasteiger partial charge on any atom is -0.379 e. The van der Waals surface area contributed by atoms with Gasteiger partial charge in [-0.3, -0.25) is 4.90 Å². The first-order valence-corrected chi connectivity index (χ1v) is 6.21. The molecule has 0 aromatic rings. The van der Waals surface area contributed by atoms with Gasteiger partial charge in [0.05, 0.1) is 13.2 Å². The number of rotatable bonds is 5. The fourth-order valence-corrected chi connectivity index (χ4v) is 2.26. The average Bonchev–Trinajstić information content (AvgIpc) is 2.20. The molecule has 1 heterocycles. The molecule has 0 saturated carbocycles. The van der Waals surface area contributed by atoms with Crippen LogP contribution in [0.2, 0.25) is 0 Å². The molecule has 0 aromatic heterocycles. The van der Waals surface area contributed by atoms with Crippen molar-refractivity contribution in [2.75, 3.05) is 32.8 Å². The predicted octanol–water partition coefficient (Wildman–Crippen LogP) is 1.34. The summed E-state index contributed by atoms with van der Waals surface area (Å²) in [6.45, 7) is 14.1. The first kappa shape index (κ1) is 12.9. The quantitative estimate of drug-likeness (QED) is 0.747. The van der Waals surface area contributed by atoms with Crippen LogP contribution in [0.3, 0.4) is 0 Å². The predicted molar refractivity (Wildman–Crippen MR) is 64.2 cm³/mol. The highest BCUT2D eigenvalue weighted by atomic mass is 16.5. The molecule has 1 saturated heterocycles. The van der Waals surface area contributed by atoms with Crippen LogP contribution in [0.4, 0.5) is 0 Å². The Labute approximate surface area is 94.2 Å². The fraction of sp³-hybridized carbons (Fsp3) is 1.00. The van der Waals surface area contributed by atoms with Crippen LogP contribution < -0.4 is 5.32 Å². The van der Waals surface area contributed by atoms with Crippen LogP contribution in [0.1, 0.15) is 27.7 Å². The summed E-state index contributed by atoms with van der Waals surface area (Å²) < 4.78 is 5.48. The average molecular weight is 214 g/mol. The van der Waals surface area contributed by atoms with Gasteiger partial charge in [-0.25, -0.2) is 0 Å². The van der Waals surface area contributed by atoms with Gasteiger partial charge in [0.25, 0.3) is 0 Å². The molecule has 0 aromatic carbocycles. The second-order valence-corrected chi connectivity index (χ2v) is 4.78. The van der Waals surface area contributed by atoms with Gasteiger partial charge >= 0.3 is 0 Å². The number of likely N-dealkylation sites (N-methyl/N-ethyl adjacent to an activating group) is 1. The lowest BCUT2D eigenvalue weighted by Gasteiger charge is -2.41. The highest BCUT2D eigenvalue weighted by molar-refractivity contribution is 4.82. The van der Waals surface area contributed by atoms with E-state index in [1.54, 1.807) is 0 Å². The molecule has 0 bridgehead atoms. The van der Waals surface area contributed by atoms with Gasteiger partial charge in [-0.2, -0.15) is 0 Å². The van der Waals surface area contributed by atoms with Crippen molar-refractivity contribution >= 4 is 0 Å². The van der Waals surface area contributed by atoms with Crippen LogP contribution in [0, 0.1) is 5.92 Å². The Hall–Kier alpha value is -0.120. The van der Waals surface area contributed by atoms with Gasteiger partial charge in [-0.15, -0.1) is 0 Å². The van der Waals surface area contributed by atoms with Crippen LogP contribution in [0.15, 0.2) is 0 Å². The summed E-state index contributed by atoms with van der Waals surface area (Å²) in [4.78, 5) is 2.59. The van der Waals surface area contributed by atoms with E-state index in [2.05, 4.69) is 37.9 Å². The Kier molecular flexibility index (Phi) is 5.58. The molecule has 0 spiro atoms. The maximum atomic E-state index is 5.48. The standard InChI is InChI=1S/C12H26N2O/c1-5-13-8-12(10(2)3)14-6-7-15-9-11(14)4/h10-13H,5-9H2,1-4H3. The number of ether oxygens (including phenoxy) is 1. The van der Waals surface area contributed by atoms with Crippen LogP contribution >= 0.6 is 0 Å². The van der Waals surface area contributed by atoms with Crippen LogP contribution in [-0.4, -0.2) is 49.8 Å². The van der Waals surface area contributed by atoms with E-state index in [9.17, 15) is 0 Å². The largest absolute Gasteiger partial charge is 0.379 e. The summed E-state index contributed by atoms with van der Waals surface area (Å²) in [6.07, 6.45) is 0. The third-order valence-electron chi connectivity index (χ3n) is 3.22. The molecular weight excluding hydrogens is 188 g/mol. The number of morpholine rings is 1. The van der Waals surface area contributed by atoms with Crippen molar-refractivity contribution in [1.29, 1.82) is 0 Å². The SMILES string of the molecule is CCNCC(C(C)C)N1CCOCC1C. The molecular formula is C12H26N2O. The highest BCUT2D eigenvalue weighted by Gasteiger charge is 2.27. The summed E-state index contributed by atoms with van der Waals surface area (Å²) in [5.41, 5.74) is 0. The molecule has 1 aliphatic rings. The van der Waals surface area contributed by atoms with E-state index >= 15 is 0 Å². The molecule has 0 aliphatic carbocycles. The van der Waals surface area contributed by atoms with E-state index in [0.29, 0.717) is 18.0 Å². The summed E-state index contributed by atoms with van der Waals surface area (Å²) in [5.74, 6) is 0.699. The molecule has 1 N–H and O–H groups in total. The monoisotopic (exact) mass is 214 g/mol. The molecule has 3 nitrogen and oxygen atoms in total. The van der Waals surface area contributed by atoms with Crippen LogP contribution in [-0.2, 0) is 4.74 Å². The van der Waals surface area contributed by atoms with Gasteiger partial charge in [0.15, 0.2) is 0 Å². The van der Waals surface area contributed by atoms with Gasteiger partial charge in [-0.05, 0) is 19.4 Å². The van der Waals surface area contributed by atoms with E-state index in [0.717, 1.165) is 32.8 Å². The number of hydrogen-bond acceptors (Lipinski definition) is 3. The molecule has 90 valence electrons. The first-order chi connectivity index (χ1) is 7.16. The Bertz CT molecular complexity index is 173. The Morgan fingerprint density at radius 3 is 2.73 bits per heavy atom. The smallest absolute Gasteiger partial charge is 0.0619 e. The third-order valence-corrected chi connectivity index (χ3v) is 3.22. The van der Waals surface area contributed by atoms with Gasteiger partial charge in [0.2, 0.25) is 0 Å². The number of nitrogens with one attached hydrogen (secondary N) is 1. The van der Waals surface area contributed by atoms with Crippen molar-refractivity contribution in [3.63, 3.8) is 0 Å². The van der Waals surface area contributed by atoms with E-state index in [1.807, 2.05) is 0 Å². The van der Waals surface area contributed by atoms with Crippen molar-refractivity contribution in [3.8, 4) is 0 Å². The fourth-order valence-electron chi connectivity index (χ4n) is 2.26. The lowest BCUT2D eigenvalue weighted by atomic mass is 10.00. The zero-order chi connectivity index (χ0) is 11.3. The van der Waals surface area contributed by atoms with Crippen LogP contribution in [0.25, 0.3) is 0 Å². The lowest BCUT2D eigenvalue weighted by Crippen LogP contribution is -2.54. The van der Waals surface area contributed by atoms with E-state index < -0.39 is 0 Å². The van der Waals surface area contributed by atoms with Gasteiger partial charge in [0.1, 0.15) is 0 Å². The molecule has 1 aliphatic heterocycles. The van der Waals surface area contributed by atoms with Gasteiger partial charge in [-0.1, -0.05) is 20.8 Å². The molecule has 0 radical (unpaired) electrons. The van der Waals surface area contributed by atoms with E-state index in [1.165, 1.54) is 0 Å². The van der Waals surface area contributed by atoms with Crippen molar-refractivity contribution in [2.45, 2.75) is 39.8 Å². The highest BCUT2D eigenvalue weighted by Crippen LogP contribution is 2.16. The van der Waals surface area contributed by atoms with Crippen molar-refractivity contribution in [1.82, 2.24) is 10.2 Å². The zero-order valence-corrected chi connectivity index (χ0v) is 10.6. The number of hydrogen-bond donors (Lipinski definition) is 1. The van der Waals surface area contributed by atoms with Gasteiger partial charge < -0.3 is 10.1 Å². The summed E-state index contributed by atoms with van der Waals surface area (Å²) >= 11 is 0. The summed E-state index contributed by atoms with van der Waals surface area (Å²) in [7, 11) is 0. The molecule has 3 heteroatoms. The minimum absolute atomic E-state index is 0.560. The number of nitrogens with zero attached hydrogens (tertiary/aromatic N) is 1. The summed E-state index contributed by atoms with van der Waals surface area (Å²) in [6, 6.07) is 1.20. The first-order valence-electron chi connectivity index (χ1n) is 6.21. The van der Waals surface area contributed by atoms with Crippen LogP contribution in [0.5, 0.6) is 0 Å². The van der Waals surface area contributed by atoms with Crippen molar-refractivity contribution in [3.05, 3.63) is 0 Å². The maximum Gasteiger partial charge on any atom is 0.0619 e. The Morgan fingerprint density at radius 2 is 2.20 bits per heavy atom. The second-order valence-electron chi connectivity index (χ2n) is 4.78. The maximum absolute atomic E-state index is 5.48. The second kappa shape index (κ2) is 6.46. The summed E-state index contributed by atoms with van der Waals surface area (Å²) in [5, 5.41) is 3.47. The van der Waals surface area contributed by atoms with E-state index in [4.69, 9.17) is 4.74 Å². The molecule has 2 atom stereocenters. The Morgan fingerprint density at radius 1 is 1.47 bits per heavy atom. The molecule has 15 heavy (non-hydrogen) atoms. The Balaban J connectivity index is 2.52. The topological polar surface area (TPSA) is 24.5 Å². The minimum atomic E-state index is 0.560. The van der Waals surface area contributed by atoms with Crippen molar-refractivity contribution < 1.29 is 4.74 Å².